The molecular formula is C20H27N3O5S. The maximum atomic E-state index is 13.1. The van der Waals surface area contributed by atoms with Crippen molar-refractivity contribution in [3.05, 3.63) is 29.7 Å². The van der Waals surface area contributed by atoms with Gasteiger partial charge in [0.25, 0.3) is 5.91 Å². The summed E-state index contributed by atoms with van der Waals surface area (Å²) in [4.78, 5) is 12.4. The van der Waals surface area contributed by atoms with Crippen LogP contribution in [0.3, 0.4) is 0 Å². The lowest BCUT2D eigenvalue weighted by molar-refractivity contribution is -0.127. The highest BCUT2D eigenvalue weighted by Crippen LogP contribution is 2.40. The van der Waals surface area contributed by atoms with Crippen LogP contribution in [0.2, 0.25) is 0 Å². The number of benzene rings is 1. The number of nitrogens with zero attached hydrogens (tertiary/aromatic N) is 2. The Morgan fingerprint density at radius 1 is 1.31 bits per heavy atom. The van der Waals surface area contributed by atoms with Crippen LogP contribution in [0, 0.1) is 13.8 Å². The number of carbonyl (C=O) groups excluding carboxylic acids is 1. The average Bonchev–Trinajstić information content (AvgIpc) is 3.03. The third kappa shape index (κ3) is 4.24. The first kappa shape index (κ1) is 21.2. The predicted octanol–water partition coefficient (Wildman–Crippen LogP) is 2.79. The SMILES string of the molecule is CCCCS(=O)(=O)N1CC(C(=O)NCC)Oc2ccc(-c3c(C)noc3C)cc21. The summed E-state index contributed by atoms with van der Waals surface area (Å²) in [6.45, 7) is 7.78. The van der Waals surface area contributed by atoms with E-state index in [9.17, 15) is 13.2 Å². The van der Waals surface area contributed by atoms with Crippen molar-refractivity contribution < 1.29 is 22.5 Å². The molecular weight excluding hydrogens is 394 g/mol. The van der Waals surface area contributed by atoms with Crippen LogP contribution in [0.1, 0.15) is 38.1 Å². The molecule has 8 nitrogen and oxygen atoms in total. The molecule has 1 N–H and O–H groups in total. The molecule has 1 aromatic heterocycles. The molecule has 0 saturated carbocycles. The third-order valence-corrected chi connectivity index (χ3v) is 6.71. The molecule has 1 amide bonds. The van der Waals surface area contributed by atoms with Crippen molar-refractivity contribution in [3.63, 3.8) is 0 Å². The Morgan fingerprint density at radius 3 is 2.69 bits per heavy atom. The second-order valence-corrected chi connectivity index (χ2v) is 9.10. The number of likely N-dealkylation sites (N-methyl/N-ethyl adjacent to an activating group) is 1. The number of sulfonamides is 1. The van der Waals surface area contributed by atoms with Crippen LogP contribution in [-0.2, 0) is 14.8 Å². The number of hydrogen-bond acceptors (Lipinski definition) is 6. The second-order valence-electron chi connectivity index (χ2n) is 7.08. The van der Waals surface area contributed by atoms with Gasteiger partial charge in [0, 0.05) is 12.1 Å². The van der Waals surface area contributed by atoms with E-state index in [1.807, 2.05) is 26.8 Å². The number of rotatable bonds is 7. The fourth-order valence-electron chi connectivity index (χ4n) is 3.43. The fourth-order valence-corrected chi connectivity index (χ4v) is 5.11. The van der Waals surface area contributed by atoms with Gasteiger partial charge < -0.3 is 14.6 Å². The van der Waals surface area contributed by atoms with E-state index in [1.54, 1.807) is 19.1 Å². The zero-order valence-corrected chi connectivity index (χ0v) is 18.0. The number of fused-ring (bicyclic) bond motifs is 1. The Balaban J connectivity index is 2.07. The molecule has 2 heterocycles. The zero-order valence-electron chi connectivity index (χ0n) is 17.2. The zero-order chi connectivity index (χ0) is 21.2. The van der Waals surface area contributed by atoms with E-state index in [2.05, 4.69) is 10.5 Å². The fraction of sp³-hybridized carbons (Fsp3) is 0.500. The molecule has 3 rings (SSSR count). The smallest absolute Gasteiger partial charge is 0.262 e. The van der Waals surface area contributed by atoms with Crippen molar-refractivity contribution in [1.29, 1.82) is 0 Å². The lowest BCUT2D eigenvalue weighted by Gasteiger charge is -2.35. The summed E-state index contributed by atoms with van der Waals surface area (Å²) < 4.78 is 38.6. The Labute approximate surface area is 171 Å². The number of amides is 1. The third-order valence-electron chi connectivity index (χ3n) is 4.89. The predicted molar refractivity (Wildman–Crippen MR) is 111 cm³/mol. The van der Waals surface area contributed by atoms with Crippen LogP contribution in [0.5, 0.6) is 5.75 Å². The molecule has 9 heteroatoms. The lowest BCUT2D eigenvalue weighted by atomic mass is 10.0. The van der Waals surface area contributed by atoms with Gasteiger partial charge in [0.2, 0.25) is 10.0 Å². The number of aromatic nitrogens is 1. The molecule has 2 aromatic rings. The first-order valence-electron chi connectivity index (χ1n) is 9.80. The van der Waals surface area contributed by atoms with Crippen molar-refractivity contribution >= 4 is 21.6 Å². The van der Waals surface area contributed by atoms with Crippen LogP contribution in [0.15, 0.2) is 22.7 Å². The number of anilines is 1. The van der Waals surface area contributed by atoms with Crippen LogP contribution >= 0.6 is 0 Å². The molecule has 1 atom stereocenters. The number of hydrogen-bond donors (Lipinski definition) is 1. The highest BCUT2D eigenvalue weighted by Gasteiger charge is 2.36. The molecule has 29 heavy (non-hydrogen) atoms. The number of nitrogens with one attached hydrogen (secondary N) is 1. The lowest BCUT2D eigenvalue weighted by Crippen LogP contribution is -2.51. The summed E-state index contributed by atoms with van der Waals surface area (Å²) in [6, 6.07) is 5.28. The van der Waals surface area contributed by atoms with Gasteiger partial charge >= 0.3 is 0 Å². The van der Waals surface area contributed by atoms with Gasteiger partial charge in [0.1, 0.15) is 11.5 Å². The molecule has 1 aliphatic rings. The minimum absolute atomic E-state index is 0.0145. The Kier molecular flexibility index (Phi) is 6.16. The Morgan fingerprint density at radius 2 is 2.07 bits per heavy atom. The molecule has 0 aliphatic carbocycles. The molecule has 158 valence electrons. The summed E-state index contributed by atoms with van der Waals surface area (Å²) in [5.41, 5.74) is 2.76. The summed E-state index contributed by atoms with van der Waals surface area (Å²) in [6.07, 6.45) is 0.406. The van der Waals surface area contributed by atoms with Gasteiger partial charge in [-0.3, -0.25) is 9.10 Å². The molecule has 1 aliphatic heterocycles. The van der Waals surface area contributed by atoms with Crippen LogP contribution in [0.4, 0.5) is 5.69 Å². The standard InChI is InChI=1S/C20H27N3O5S/c1-5-7-10-29(25,26)23-12-18(20(24)21-6-2)27-17-9-8-15(11-16(17)23)19-13(3)22-28-14(19)4/h8-9,11,18H,5-7,10,12H2,1-4H3,(H,21,24). The van der Waals surface area contributed by atoms with Gasteiger partial charge in [-0.15, -0.1) is 0 Å². The topological polar surface area (TPSA) is 102 Å². The first-order valence-corrected chi connectivity index (χ1v) is 11.4. The largest absolute Gasteiger partial charge is 0.476 e. The van der Waals surface area contributed by atoms with E-state index in [0.29, 0.717) is 30.2 Å². The summed E-state index contributed by atoms with van der Waals surface area (Å²) in [5.74, 6) is 0.701. The molecule has 0 spiro atoms. The van der Waals surface area contributed by atoms with E-state index in [0.717, 1.165) is 23.2 Å². The summed E-state index contributed by atoms with van der Waals surface area (Å²) >= 11 is 0. The van der Waals surface area contributed by atoms with E-state index < -0.39 is 16.1 Å². The maximum Gasteiger partial charge on any atom is 0.262 e. The van der Waals surface area contributed by atoms with Crippen molar-refractivity contribution in [3.8, 4) is 16.9 Å². The first-order chi connectivity index (χ1) is 13.8. The molecule has 1 aromatic carbocycles. The minimum Gasteiger partial charge on any atom is -0.476 e. The van der Waals surface area contributed by atoms with Crippen molar-refractivity contribution in [2.75, 3.05) is 23.1 Å². The van der Waals surface area contributed by atoms with E-state index in [-0.39, 0.29) is 18.2 Å². The van der Waals surface area contributed by atoms with Gasteiger partial charge in [-0.05, 0) is 44.9 Å². The molecule has 0 saturated heterocycles. The summed E-state index contributed by atoms with van der Waals surface area (Å²) in [5, 5.41) is 6.68. The Bertz CT molecular complexity index is 980. The van der Waals surface area contributed by atoms with Crippen molar-refractivity contribution in [1.82, 2.24) is 10.5 Å². The van der Waals surface area contributed by atoms with Crippen molar-refractivity contribution in [2.45, 2.75) is 46.6 Å². The van der Waals surface area contributed by atoms with E-state index >= 15 is 0 Å². The van der Waals surface area contributed by atoms with E-state index in [4.69, 9.17) is 9.26 Å². The van der Waals surface area contributed by atoms with Crippen LogP contribution in [0.25, 0.3) is 11.1 Å². The Hall–Kier alpha value is -2.55. The normalized spacial score (nSPS) is 16.3. The highest BCUT2D eigenvalue weighted by atomic mass is 32.2. The van der Waals surface area contributed by atoms with E-state index in [1.165, 1.54) is 4.31 Å². The van der Waals surface area contributed by atoms with Gasteiger partial charge in [-0.1, -0.05) is 24.6 Å². The number of unbranched alkanes of at least 4 members (excludes halogenated alkanes) is 1. The monoisotopic (exact) mass is 421 g/mol. The molecule has 1 unspecified atom stereocenters. The van der Waals surface area contributed by atoms with Gasteiger partial charge in [0.05, 0.1) is 23.7 Å². The van der Waals surface area contributed by atoms with Gasteiger partial charge in [-0.2, -0.15) is 0 Å². The number of aryl methyl sites for hydroxylation is 2. The molecule has 0 radical (unpaired) electrons. The molecule has 0 fully saturated rings. The summed E-state index contributed by atoms with van der Waals surface area (Å²) in [7, 11) is -3.61. The second kappa shape index (κ2) is 8.44. The van der Waals surface area contributed by atoms with Gasteiger partial charge in [0.15, 0.2) is 6.10 Å². The van der Waals surface area contributed by atoms with Crippen LogP contribution in [-0.4, -0.2) is 44.4 Å². The average molecular weight is 422 g/mol. The minimum atomic E-state index is -3.61. The van der Waals surface area contributed by atoms with Crippen LogP contribution < -0.4 is 14.4 Å². The maximum absolute atomic E-state index is 13.1. The number of carbonyl (C=O) groups is 1. The van der Waals surface area contributed by atoms with Crippen molar-refractivity contribution in [2.24, 2.45) is 0 Å². The highest BCUT2D eigenvalue weighted by molar-refractivity contribution is 7.92. The molecule has 0 bridgehead atoms. The quantitative estimate of drug-likeness (QED) is 0.738. The number of ether oxygens (including phenoxy) is 1. The van der Waals surface area contributed by atoms with Gasteiger partial charge in [-0.25, -0.2) is 8.42 Å².